The Kier molecular flexibility index (Phi) is 5.25. The van der Waals surface area contributed by atoms with E-state index in [1.807, 2.05) is 13.0 Å². The van der Waals surface area contributed by atoms with Crippen LogP contribution in [-0.2, 0) is 4.79 Å². The van der Waals surface area contributed by atoms with E-state index in [-0.39, 0.29) is 17.9 Å². The third kappa shape index (κ3) is 4.00. The quantitative estimate of drug-likeness (QED) is 0.922. The minimum absolute atomic E-state index is 0.0210. The van der Waals surface area contributed by atoms with E-state index >= 15 is 0 Å². The molecular formula is C17H20ClN5O. The Hall–Kier alpha value is -2.21. The molecule has 0 aliphatic carbocycles. The minimum atomic E-state index is -0.132. The molecule has 24 heavy (non-hydrogen) atoms. The Labute approximate surface area is 146 Å². The lowest BCUT2D eigenvalue weighted by Crippen LogP contribution is -2.41. The number of pyridine rings is 1. The van der Waals surface area contributed by atoms with Crippen molar-refractivity contribution in [2.45, 2.75) is 25.8 Å². The average molecular weight is 346 g/mol. The Bertz CT molecular complexity index is 671. The molecule has 1 atom stereocenters. The van der Waals surface area contributed by atoms with E-state index in [0.29, 0.717) is 5.02 Å². The first-order chi connectivity index (χ1) is 11.6. The summed E-state index contributed by atoms with van der Waals surface area (Å²) in [5.74, 6) is 0.973. The van der Waals surface area contributed by atoms with Crippen LogP contribution in [0.5, 0.6) is 0 Å². The van der Waals surface area contributed by atoms with Crippen molar-refractivity contribution in [2.75, 3.05) is 18.0 Å². The SMILES string of the molecule is C[C@H](NC(=O)C1CCN(c2cnccn2)CC1)c1ccc(Cl)cn1. The van der Waals surface area contributed by atoms with Crippen LogP contribution in [0.4, 0.5) is 5.82 Å². The molecule has 2 aromatic heterocycles. The van der Waals surface area contributed by atoms with Gasteiger partial charge >= 0.3 is 0 Å². The fraction of sp³-hybridized carbons (Fsp3) is 0.412. The second kappa shape index (κ2) is 7.57. The van der Waals surface area contributed by atoms with E-state index in [1.165, 1.54) is 0 Å². The Morgan fingerprint density at radius 1 is 1.25 bits per heavy atom. The molecule has 2 aromatic rings. The normalized spacial score (nSPS) is 16.7. The average Bonchev–Trinajstić information content (AvgIpc) is 2.63. The van der Waals surface area contributed by atoms with Crippen LogP contribution in [0.25, 0.3) is 0 Å². The molecule has 7 heteroatoms. The van der Waals surface area contributed by atoms with Gasteiger partial charge in [0.15, 0.2) is 0 Å². The summed E-state index contributed by atoms with van der Waals surface area (Å²) in [4.78, 5) is 27.3. The van der Waals surface area contributed by atoms with Gasteiger partial charge in [0, 0.05) is 37.6 Å². The highest BCUT2D eigenvalue weighted by atomic mass is 35.5. The molecule has 1 amide bonds. The molecule has 0 spiro atoms. The number of nitrogens with one attached hydrogen (secondary N) is 1. The maximum atomic E-state index is 12.5. The molecule has 1 N–H and O–H groups in total. The summed E-state index contributed by atoms with van der Waals surface area (Å²) in [5.41, 5.74) is 0.810. The van der Waals surface area contributed by atoms with Gasteiger partial charge in [-0.25, -0.2) is 4.98 Å². The van der Waals surface area contributed by atoms with Crippen LogP contribution in [0, 0.1) is 5.92 Å². The molecule has 1 fully saturated rings. The Morgan fingerprint density at radius 2 is 2.04 bits per heavy atom. The first-order valence-corrected chi connectivity index (χ1v) is 8.44. The van der Waals surface area contributed by atoms with Crippen molar-refractivity contribution in [2.24, 2.45) is 5.92 Å². The molecule has 0 saturated carbocycles. The lowest BCUT2D eigenvalue weighted by Gasteiger charge is -2.32. The minimum Gasteiger partial charge on any atom is -0.355 e. The molecule has 126 valence electrons. The summed E-state index contributed by atoms with van der Waals surface area (Å²) in [6.07, 6.45) is 8.32. The summed E-state index contributed by atoms with van der Waals surface area (Å²) in [5, 5.41) is 3.64. The molecule has 1 saturated heterocycles. The van der Waals surface area contributed by atoms with Crippen LogP contribution in [0.15, 0.2) is 36.9 Å². The molecule has 1 aliphatic heterocycles. The topological polar surface area (TPSA) is 71.0 Å². The number of hydrogen-bond acceptors (Lipinski definition) is 5. The van der Waals surface area contributed by atoms with Crippen molar-refractivity contribution < 1.29 is 4.79 Å². The van der Waals surface area contributed by atoms with Crippen LogP contribution >= 0.6 is 11.6 Å². The summed E-state index contributed by atoms with van der Waals surface area (Å²) in [6, 6.07) is 3.49. The van der Waals surface area contributed by atoms with Crippen LogP contribution < -0.4 is 10.2 Å². The summed E-state index contributed by atoms with van der Waals surface area (Å²) >= 11 is 5.84. The molecule has 0 unspecified atom stereocenters. The van der Waals surface area contributed by atoms with Crippen molar-refractivity contribution in [3.05, 3.63) is 47.6 Å². The van der Waals surface area contributed by atoms with Gasteiger partial charge in [-0.05, 0) is 31.9 Å². The molecule has 6 nitrogen and oxygen atoms in total. The number of hydrogen-bond donors (Lipinski definition) is 1. The van der Waals surface area contributed by atoms with Crippen molar-refractivity contribution in [3.63, 3.8) is 0 Å². The maximum absolute atomic E-state index is 12.5. The second-order valence-corrected chi connectivity index (χ2v) is 6.39. The van der Waals surface area contributed by atoms with Gasteiger partial charge in [0.2, 0.25) is 5.91 Å². The smallest absolute Gasteiger partial charge is 0.223 e. The van der Waals surface area contributed by atoms with Crippen LogP contribution in [0.1, 0.15) is 31.5 Å². The summed E-state index contributed by atoms with van der Waals surface area (Å²) in [7, 11) is 0. The lowest BCUT2D eigenvalue weighted by atomic mass is 9.95. The van der Waals surface area contributed by atoms with Gasteiger partial charge in [-0.15, -0.1) is 0 Å². The molecule has 0 bridgehead atoms. The van der Waals surface area contributed by atoms with E-state index in [0.717, 1.165) is 37.4 Å². The Balaban J connectivity index is 1.52. The molecule has 3 rings (SSSR count). The molecular weight excluding hydrogens is 326 g/mol. The van der Waals surface area contributed by atoms with E-state index in [9.17, 15) is 4.79 Å². The molecule has 0 aromatic carbocycles. The largest absolute Gasteiger partial charge is 0.355 e. The van der Waals surface area contributed by atoms with E-state index < -0.39 is 0 Å². The zero-order valence-corrected chi connectivity index (χ0v) is 14.3. The van der Waals surface area contributed by atoms with Crippen LogP contribution in [0.3, 0.4) is 0 Å². The van der Waals surface area contributed by atoms with E-state index in [1.54, 1.807) is 30.9 Å². The zero-order chi connectivity index (χ0) is 16.9. The van der Waals surface area contributed by atoms with Gasteiger partial charge in [0.1, 0.15) is 5.82 Å². The number of aromatic nitrogens is 3. The number of anilines is 1. The first-order valence-electron chi connectivity index (χ1n) is 8.06. The van der Waals surface area contributed by atoms with Crippen molar-refractivity contribution in [1.82, 2.24) is 20.3 Å². The van der Waals surface area contributed by atoms with Gasteiger partial charge in [-0.3, -0.25) is 14.8 Å². The van der Waals surface area contributed by atoms with Crippen LogP contribution in [-0.4, -0.2) is 33.9 Å². The second-order valence-electron chi connectivity index (χ2n) is 5.96. The van der Waals surface area contributed by atoms with Crippen LogP contribution in [0.2, 0.25) is 5.02 Å². The predicted molar refractivity (Wildman–Crippen MR) is 92.8 cm³/mol. The van der Waals surface area contributed by atoms with E-state index in [4.69, 9.17) is 11.6 Å². The monoisotopic (exact) mass is 345 g/mol. The summed E-state index contributed by atoms with van der Waals surface area (Å²) < 4.78 is 0. The maximum Gasteiger partial charge on any atom is 0.223 e. The highest BCUT2D eigenvalue weighted by molar-refractivity contribution is 6.30. The van der Waals surface area contributed by atoms with Gasteiger partial charge in [0.05, 0.1) is 23.0 Å². The van der Waals surface area contributed by atoms with Gasteiger partial charge in [0.25, 0.3) is 0 Å². The molecule has 1 aliphatic rings. The first kappa shape index (κ1) is 16.6. The molecule has 3 heterocycles. The van der Waals surface area contributed by atoms with Crippen molar-refractivity contribution in [1.29, 1.82) is 0 Å². The number of carbonyl (C=O) groups excluding carboxylic acids is 1. The fourth-order valence-corrected chi connectivity index (χ4v) is 2.99. The standard InChI is InChI=1S/C17H20ClN5O/c1-12(15-3-2-14(18)10-21-15)22-17(24)13-4-8-23(9-5-13)16-11-19-6-7-20-16/h2-3,6-7,10-13H,4-5,8-9H2,1H3,(H,22,24)/t12-/m0/s1. The number of amides is 1. The Morgan fingerprint density at radius 3 is 2.67 bits per heavy atom. The fourth-order valence-electron chi connectivity index (χ4n) is 2.87. The number of carbonyl (C=O) groups is 1. The van der Waals surface area contributed by atoms with Gasteiger partial charge in [-0.1, -0.05) is 11.6 Å². The summed E-state index contributed by atoms with van der Waals surface area (Å²) in [6.45, 7) is 3.55. The van der Waals surface area contributed by atoms with Crippen molar-refractivity contribution in [3.8, 4) is 0 Å². The number of halogens is 1. The zero-order valence-electron chi connectivity index (χ0n) is 13.5. The lowest BCUT2D eigenvalue weighted by molar-refractivity contribution is -0.126. The highest BCUT2D eigenvalue weighted by Crippen LogP contribution is 2.22. The highest BCUT2D eigenvalue weighted by Gasteiger charge is 2.26. The number of nitrogens with zero attached hydrogens (tertiary/aromatic N) is 4. The van der Waals surface area contributed by atoms with Crippen molar-refractivity contribution >= 4 is 23.3 Å². The predicted octanol–water partition coefficient (Wildman–Crippen LogP) is 2.62. The molecule has 0 radical (unpaired) electrons. The van der Waals surface area contributed by atoms with Gasteiger partial charge < -0.3 is 10.2 Å². The number of piperidine rings is 1. The van der Waals surface area contributed by atoms with Gasteiger partial charge in [-0.2, -0.15) is 0 Å². The van der Waals surface area contributed by atoms with E-state index in [2.05, 4.69) is 25.2 Å². The third-order valence-electron chi connectivity index (χ3n) is 4.29. The number of rotatable bonds is 4. The third-order valence-corrected chi connectivity index (χ3v) is 4.52.